The van der Waals surface area contributed by atoms with Crippen molar-refractivity contribution in [3.05, 3.63) is 0 Å². The summed E-state index contributed by atoms with van der Waals surface area (Å²) in [4.78, 5) is 12.0. The van der Waals surface area contributed by atoms with E-state index in [-0.39, 0.29) is 6.10 Å². The molecule has 0 amide bonds. The Kier molecular flexibility index (Phi) is 5.23. The minimum Gasteiger partial charge on any atom is -0.460 e. The molecule has 0 aromatic rings. The van der Waals surface area contributed by atoms with E-state index < -0.39 is 11.6 Å². The van der Waals surface area contributed by atoms with E-state index in [1.807, 2.05) is 0 Å². The van der Waals surface area contributed by atoms with Gasteiger partial charge in [-0.1, -0.05) is 38.5 Å². The van der Waals surface area contributed by atoms with Crippen LogP contribution in [0.25, 0.3) is 0 Å². The fourth-order valence-corrected chi connectivity index (χ4v) is 3.47. The van der Waals surface area contributed by atoms with Crippen LogP contribution in [0.5, 0.6) is 0 Å². The van der Waals surface area contributed by atoms with Crippen molar-refractivity contribution >= 4 is 5.97 Å². The Morgan fingerprint density at radius 2 is 1.58 bits per heavy atom. The summed E-state index contributed by atoms with van der Waals surface area (Å²) in [6.07, 6.45) is 11.3. The normalized spacial score (nSPS) is 25.8. The molecule has 110 valence electrons. The van der Waals surface area contributed by atoms with Crippen LogP contribution in [0.1, 0.15) is 77.6 Å². The molecule has 2 aliphatic rings. The predicted octanol–water partition coefficient (Wildman–Crippen LogP) is 4.56. The monoisotopic (exact) mass is 270 g/mol. The van der Waals surface area contributed by atoms with Gasteiger partial charge in [-0.2, -0.15) is 0 Å². The maximum absolute atomic E-state index is 14.5. The smallest absolute Gasteiger partial charge is 0.343 e. The lowest BCUT2D eigenvalue weighted by atomic mass is 9.82. The molecule has 2 fully saturated rings. The van der Waals surface area contributed by atoms with Gasteiger partial charge in [0.05, 0.1) is 0 Å². The molecule has 2 nitrogen and oxygen atoms in total. The predicted molar refractivity (Wildman–Crippen MR) is 73.7 cm³/mol. The van der Waals surface area contributed by atoms with E-state index in [0.717, 1.165) is 38.5 Å². The summed E-state index contributed by atoms with van der Waals surface area (Å²) < 4.78 is 19.9. The first-order chi connectivity index (χ1) is 9.08. The average molecular weight is 270 g/mol. The third-order valence-electron chi connectivity index (χ3n) is 4.65. The summed E-state index contributed by atoms with van der Waals surface area (Å²) in [6, 6.07) is 0. The van der Waals surface area contributed by atoms with E-state index in [9.17, 15) is 9.18 Å². The van der Waals surface area contributed by atoms with E-state index >= 15 is 0 Å². The third-order valence-corrected chi connectivity index (χ3v) is 4.65. The second-order valence-corrected chi connectivity index (χ2v) is 6.57. The van der Waals surface area contributed by atoms with Crippen LogP contribution in [0.4, 0.5) is 4.39 Å². The number of rotatable bonds is 4. The van der Waals surface area contributed by atoms with Gasteiger partial charge < -0.3 is 4.74 Å². The summed E-state index contributed by atoms with van der Waals surface area (Å²) in [5.74, 6) is -0.257. The largest absolute Gasteiger partial charge is 0.460 e. The fraction of sp³-hybridized carbons (Fsp3) is 0.938. The molecule has 2 rings (SSSR count). The van der Waals surface area contributed by atoms with Crippen LogP contribution in [0, 0.1) is 5.92 Å². The van der Waals surface area contributed by atoms with Crippen molar-refractivity contribution in [3.8, 4) is 0 Å². The molecule has 2 aliphatic carbocycles. The minimum atomic E-state index is -1.79. The van der Waals surface area contributed by atoms with E-state index in [2.05, 4.69) is 0 Å². The summed E-state index contributed by atoms with van der Waals surface area (Å²) >= 11 is 0. The zero-order chi connectivity index (χ0) is 13.7. The number of hydrogen-bond acceptors (Lipinski definition) is 2. The summed E-state index contributed by atoms with van der Waals surface area (Å²) in [7, 11) is 0. The lowest BCUT2D eigenvalue weighted by Gasteiger charge is -2.30. The first-order valence-corrected chi connectivity index (χ1v) is 7.98. The van der Waals surface area contributed by atoms with E-state index in [0.29, 0.717) is 12.3 Å². The Labute approximate surface area is 116 Å². The summed E-state index contributed by atoms with van der Waals surface area (Å²) in [5.41, 5.74) is -1.79. The molecule has 0 saturated heterocycles. The first-order valence-electron chi connectivity index (χ1n) is 7.98. The maximum Gasteiger partial charge on any atom is 0.343 e. The number of carbonyl (C=O) groups excluding carboxylic acids is 1. The van der Waals surface area contributed by atoms with Gasteiger partial charge in [0.15, 0.2) is 0 Å². The molecule has 0 radical (unpaired) electrons. The van der Waals surface area contributed by atoms with Crippen molar-refractivity contribution in [2.45, 2.75) is 89.3 Å². The average Bonchev–Trinajstić information content (AvgIpc) is 2.40. The van der Waals surface area contributed by atoms with Crippen molar-refractivity contribution in [2.24, 2.45) is 5.92 Å². The van der Waals surface area contributed by atoms with Gasteiger partial charge in [0.2, 0.25) is 5.67 Å². The van der Waals surface area contributed by atoms with Crippen LogP contribution in [-0.4, -0.2) is 17.7 Å². The molecule has 1 unspecified atom stereocenters. The number of hydrogen-bond donors (Lipinski definition) is 0. The number of esters is 1. The highest BCUT2D eigenvalue weighted by atomic mass is 19.1. The van der Waals surface area contributed by atoms with Crippen molar-refractivity contribution in [2.75, 3.05) is 0 Å². The zero-order valence-electron chi connectivity index (χ0n) is 12.1. The molecule has 1 atom stereocenters. The standard InChI is InChI=1S/C16H27FO2/c1-16(17,12-13-8-4-2-5-9-13)15(18)19-14-10-6-3-7-11-14/h13-14H,2-12H2,1H3. The van der Waals surface area contributed by atoms with E-state index in [1.54, 1.807) is 0 Å². The van der Waals surface area contributed by atoms with Gasteiger partial charge in [-0.3, -0.25) is 0 Å². The number of halogens is 1. The Morgan fingerprint density at radius 1 is 1.05 bits per heavy atom. The van der Waals surface area contributed by atoms with Gasteiger partial charge in [0.25, 0.3) is 0 Å². The molecule has 0 bridgehead atoms. The summed E-state index contributed by atoms with van der Waals surface area (Å²) in [5, 5.41) is 0. The van der Waals surface area contributed by atoms with E-state index in [1.165, 1.54) is 32.6 Å². The van der Waals surface area contributed by atoms with Gasteiger partial charge in [0.1, 0.15) is 6.10 Å². The van der Waals surface area contributed by atoms with Gasteiger partial charge in [-0.15, -0.1) is 0 Å². The molecule has 0 spiro atoms. The number of ether oxygens (including phenoxy) is 1. The van der Waals surface area contributed by atoms with Crippen molar-refractivity contribution in [1.82, 2.24) is 0 Å². The zero-order valence-corrected chi connectivity index (χ0v) is 12.1. The molecule has 2 saturated carbocycles. The van der Waals surface area contributed by atoms with Gasteiger partial charge in [-0.05, 0) is 44.9 Å². The van der Waals surface area contributed by atoms with Crippen molar-refractivity contribution in [1.29, 1.82) is 0 Å². The Bertz CT molecular complexity index is 289. The molecular formula is C16H27FO2. The van der Waals surface area contributed by atoms with Gasteiger partial charge in [-0.25, -0.2) is 9.18 Å². The van der Waals surface area contributed by atoms with Crippen LogP contribution < -0.4 is 0 Å². The van der Waals surface area contributed by atoms with Crippen LogP contribution in [0.3, 0.4) is 0 Å². The molecule has 0 heterocycles. The lowest BCUT2D eigenvalue weighted by Crippen LogP contribution is -2.37. The van der Waals surface area contributed by atoms with Crippen molar-refractivity contribution < 1.29 is 13.9 Å². The highest BCUT2D eigenvalue weighted by Crippen LogP contribution is 2.33. The Morgan fingerprint density at radius 3 is 2.16 bits per heavy atom. The third kappa shape index (κ3) is 4.47. The molecule has 0 aromatic carbocycles. The molecule has 0 aliphatic heterocycles. The van der Waals surface area contributed by atoms with Gasteiger partial charge >= 0.3 is 5.97 Å². The van der Waals surface area contributed by atoms with E-state index in [4.69, 9.17) is 4.74 Å². The molecule has 19 heavy (non-hydrogen) atoms. The molecular weight excluding hydrogens is 243 g/mol. The van der Waals surface area contributed by atoms with Crippen LogP contribution in [-0.2, 0) is 9.53 Å². The first kappa shape index (κ1) is 14.8. The van der Waals surface area contributed by atoms with Crippen LogP contribution in [0.2, 0.25) is 0 Å². The van der Waals surface area contributed by atoms with Crippen LogP contribution in [0.15, 0.2) is 0 Å². The quantitative estimate of drug-likeness (QED) is 0.700. The Hall–Kier alpha value is -0.600. The fourth-order valence-electron chi connectivity index (χ4n) is 3.47. The molecule has 0 N–H and O–H groups in total. The summed E-state index contributed by atoms with van der Waals surface area (Å²) in [6.45, 7) is 1.41. The molecule has 0 aromatic heterocycles. The lowest BCUT2D eigenvalue weighted by molar-refractivity contribution is -0.165. The van der Waals surface area contributed by atoms with Gasteiger partial charge in [0, 0.05) is 0 Å². The highest BCUT2D eigenvalue weighted by Gasteiger charge is 2.39. The molecule has 3 heteroatoms. The van der Waals surface area contributed by atoms with Crippen molar-refractivity contribution in [3.63, 3.8) is 0 Å². The topological polar surface area (TPSA) is 26.3 Å². The SMILES string of the molecule is CC(F)(CC1CCCCC1)C(=O)OC1CCCCC1. The second kappa shape index (κ2) is 6.71. The number of alkyl halides is 1. The maximum atomic E-state index is 14.5. The highest BCUT2D eigenvalue weighted by molar-refractivity contribution is 5.79. The Balaban J connectivity index is 1.81. The number of carbonyl (C=O) groups is 1. The second-order valence-electron chi connectivity index (χ2n) is 6.57. The minimum absolute atomic E-state index is 0.0392. The van der Waals surface area contributed by atoms with Crippen LogP contribution >= 0.6 is 0 Å².